The summed E-state index contributed by atoms with van der Waals surface area (Å²) in [5.74, 6) is 1.20. The smallest absolute Gasteiger partial charge is 0.335 e. The number of hydrogen-bond donors (Lipinski definition) is 3. The lowest BCUT2D eigenvalue weighted by Crippen LogP contribution is -2.10. The van der Waals surface area contributed by atoms with Crippen LogP contribution in [0.15, 0.2) is 97.1 Å². The van der Waals surface area contributed by atoms with Gasteiger partial charge in [-0.05, 0) is 86.5 Å². The zero-order chi connectivity index (χ0) is 42.7. The number of hydrogen-bond acceptors (Lipinski definition) is 7. The molecule has 5 heterocycles. The van der Waals surface area contributed by atoms with Gasteiger partial charge < -0.3 is 15.1 Å². The Morgan fingerprint density at radius 1 is 0.410 bits per heavy atom. The van der Waals surface area contributed by atoms with E-state index in [9.17, 15) is 9.90 Å². The number of fused-ring (bicyclic) bond motifs is 20. The molecule has 61 heavy (non-hydrogen) atoms. The van der Waals surface area contributed by atoms with Crippen molar-refractivity contribution in [3.63, 3.8) is 0 Å². The van der Waals surface area contributed by atoms with E-state index in [0.29, 0.717) is 45.9 Å². The van der Waals surface area contributed by atoms with Crippen LogP contribution in [-0.2, 0) is 16.2 Å². The largest absolute Gasteiger partial charge is 0.478 e. The van der Waals surface area contributed by atoms with Crippen LogP contribution in [0.3, 0.4) is 0 Å². The Kier molecular flexibility index (Phi) is 8.27. The molecule has 8 bridgehead atoms. The van der Waals surface area contributed by atoms with E-state index in [1.54, 1.807) is 12.1 Å². The summed E-state index contributed by atoms with van der Waals surface area (Å²) in [6.45, 7) is 19.8. The number of carboxylic acids is 1. The van der Waals surface area contributed by atoms with Gasteiger partial charge in [0.05, 0.1) is 5.56 Å². The molecular formula is C51H46N8O2. The Labute approximate surface area is 353 Å². The number of aromatic amines is 2. The molecule has 0 saturated carbocycles. The van der Waals surface area contributed by atoms with Crippen molar-refractivity contribution in [3.8, 4) is 56.7 Å². The zero-order valence-corrected chi connectivity index (χ0v) is 35.8. The van der Waals surface area contributed by atoms with Gasteiger partial charge in [0.2, 0.25) is 0 Å². The van der Waals surface area contributed by atoms with Gasteiger partial charge in [-0.1, -0.05) is 117 Å². The van der Waals surface area contributed by atoms with Gasteiger partial charge in [0.15, 0.2) is 23.3 Å². The third-order valence-corrected chi connectivity index (χ3v) is 11.9. The number of aromatic carboxylic acids is 1. The van der Waals surface area contributed by atoms with Crippen molar-refractivity contribution in [1.29, 1.82) is 0 Å². The molecule has 0 radical (unpaired) electrons. The van der Waals surface area contributed by atoms with E-state index in [4.69, 9.17) is 29.9 Å². The lowest BCUT2D eigenvalue weighted by molar-refractivity contribution is 0.0697. The average molecular weight is 803 g/mol. The number of H-pyrrole nitrogens is 2. The second-order valence-corrected chi connectivity index (χ2v) is 19.3. The third-order valence-electron chi connectivity index (χ3n) is 11.9. The average Bonchev–Trinajstić information content (AvgIpc) is 3.94. The summed E-state index contributed by atoms with van der Waals surface area (Å²) >= 11 is 0. The molecule has 0 fully saturated rings. The standard InChI is InChI=1S/C51H46N8O2/c1-49(2,3)29-15-19-33-37(23-29)46-55-41(33)53-44-36-22-28(26-10-12-27(13-11-26)48(60)61)14-18-32(36)40(52-44)54-45-38-24-30(50(4,5)6)16-20-34(38)42(56-45)58-47-39-25-31(51(7,8)9)17-21-35(39)43(57-46)59-47/h10-25H,1-9H3,(H,60,61)(H2,52,53,54,55,56,57,58,59). The molecular weight excluding hydrogens is 757 g/mol. The van der Waals surface area contributed by atoms with Crippen LogP contribution in [0, 0.1) is 0 Å². The van der Waals surface area contributed by atoms with Gasteiger partial charge in [-0.3, -0.25) is 0 Å². The van der Waals surface area contributed by atoms with Crippen LogP contribution >= 0.6 is 0 Å². The quantitative estimate of drug-likeness (QED) is 0.157. The summed E-state index contributed by atoms with van der Waals surface area (Å²) < 4.78 is 0. The lowest BCUT2D eigenvalue weighted by atomic mass is 9.85. The van der Waals surface area contributed by atoms with Crippen molar-refractivity contribution >= 4 is 50.1 Å². The monoisotopic (exact) mass is 802 g/mol. The molecule has 10 nitrogen and oxygen atoms in total. The second-order valence-electron chi connectivity index (χ2n) is 19.3. The highest BCUT2D eigenvalue weighted by Crippen LogP contribution is 2.41. The van der Waals surface area contributed by atoms with Gasteiger partial charge >= 0.3 is 5.97 Å². The van der Waals surface area contributed by atoms with E-state index < -0.39 is 5.97 Å². The van der Waals surface area contributed by atoms with Crippen LogP contribution < -0.4 is 0 Å². The first-order valence-electron chi connectivity index (χ1n) is 20.6. The Morgan fingerprint density at radius 2 is 0.787 bits per heavy atom. The van der Waals surface area contributed by atoms with E-state index in [1.165, 1.54) is 5.56 Å². The van der Waals surface area contributed by atoms with Gasteiger partial charge in [0.1, 0.15) is 22.6 Å². The lowest BCUT2D eigenvalue weighted by Gasteiger charge is -2.19. The predicted molar refractivity (Wildman–Crippen MR) is 245 cm³/mol. The fourth-order valence-corrected chi connectivity index (χ4v) is 8.18. The van der Waals surface area contributed by atoms with Gasteiger partial charge in [-0.15, -0.1) is 0 Å². The van der Waals surface area contributed by atoms with Crippen molar-refractivity contribution in [2.45, 2.75) is 78.6 Å². The van der Waals surface area contributed by atoms with Crippen molar-refractivity contribution in [1.82, 2.24) is 39.9 Å². The second kappa shape index (κ2) is 13.2. The van der Waals surface area contributed by atoms with E-state index >= 15 is 0 Å². The Bertz CT molecular complexity index is 3320. The molecule has 2 aliphatic rings. The number of nitrogens with zero attached hydrogens (tertiary/aromatic N) is 6. The third kappa shape index (κ3) is 6.54. The molecule has 0 saturated heterocycles. The van der Waals surface area contributed by atoms with Crippen LogP contribution in [-0.4, -0.2) is 50.9 Å². The van der Waals surface area contributed by atoms with E-state index in [1.807, 2.05) is 24.3 Å². The maximum Gasteiger partial charge on any atom is 0.335 e. The molecule has 0 amide bonds. The van der Waals surface area contributed by atoms with E-state index in [-0.39, 0.29) is 21.8 Å². The first kappa shape index (κ1) is 38.2. The number of rotatable bonds is 2. The maximum absolute atomic E-state index is 11.7. The van der Waals surface area contributed by atoms with Gasteiger partial charge in [-0.25, -0.2) is 34.7 Å². The topological polar surface area (TPSA) is 146 Å². The highest BCUT2D eigenvalue weighted by Gasteiger charge is 2.26. The summed E-state index contributed by atoms with van der Waals surface area (Å²) in [6.07, 6.45) is 0. The molecule has 0 aliphatic carbocycles. The molecule has 302 valence electrons. The van der Waals surface area contributed by atoms with Gasteiger partial charge in [0, 0.05) is 43.8 Å². The van der Waals surface area contributed by atoms with Crippen LogP contribution in [0.4, 0.5) is 0 Å². The summed E-state index contributed by atoms with van der Waals surface area (Å²) in [7, 11) is 0. The minimum Gasteiger partial charge on any atom is -0.478 e. The fourth-order valence-electron chi connectivity index (χ4n) is 8.18. The van der Waals surface area contributed by atoms with Crippen LogP contribution in [0.25, 0.3) is 101 Å². The molecule has 2 aliphatic heterocycles. The number of carboxylic acid groups (broad SMARTS) is 1. The molecule has 3 N–H and O–H groups in total. The van der Waals surface area contributed by atoms with Crippen molar-refractivity contribution in [2.75, 3.05) is 0 Å². The first-order valence-corrected chi connectivity index (χ1v) is 20.6. The molecule has 3 aromatic heterocycles. The predicted octanol–water partition coefficient (Wildman–Crippen LogP) is 12.1. The number of carbonyl (C=O) groups is 1. The van der Waals surface area contributed by atoms with Crippen molar-refractivity contribution in [2.24, 2.45) is 0 Å². The van der Waals surface area contributed by atoms with Crippen LogP contribution in [0.1, 0.15) is 89.4 Å². The minimum atomic E-state index is -0.968. The summed E-state index contributed by atoms with van der Waals surface area (Å²) in [4.78, 5) is 50.4. The Balaban J connectivity index is 1.35. The summed E-state index contributed by atoms with van der Waals surface area (Å²) in [6, 6.07) is 32.4. The van der Waals surface area contributed by atoms with Crippen LogP contribution in [0.2, 0.25) is 0 Å². The number of nitrogens with one attached hydrogen (secondary N) is 2. The SMILES string of the molecule is CC(C)(C)c1ccc2c(c1)-c1nc-2nc2[nH]c(nc3nc(nc4[nH]c(n1)c1ccc(-c5ccc(C(=O)O)cc5)cc41)-c1ccc(C(C)(C)C)cc1-3)c1ccc(C(C)(C)C)cc21. The summed E-state index contributed by atoms with van der Waals surface area (Å²) in [5.41, 5.74) is 11.2. The highest BCUT2D eigenvalue weighted by atomic mass is 16.4. The molecule has 10 rings (SSSR count). The molecule has 5 aromatic carbocycles. The molecule has 0 spiro atoms. The fraction of sp³-hybridized carbons (Fsp3) is 0.235. The molecule has 0 atom stereocenters. The van der Waals surface area contributed by atoms with Gasteiger partial charge in [0.25, 0.3) is 0 Å². The zero-order valence-electron chi connectivity index (χ0n) is 35.8. The Hall–Kier alpha value is -7.07. The number of benzene rings is 5. The minimum absolute atomic E-state index is 0.0949. The highest BCUT2D eigenvalue weighted by molar-refractivity contribution is 6.07. The summed E-state index contributed by atoms with van der Waals surface area (Å²) in [5, 5.41) is 13.1. The molecule has 10 heteroatoms. The van der Waals surface area contributed by atoms with Crippen LogP contribution in [0.5, 0.6) is 0 Å². The Morgan fingerprint density at radius 3 is 1.25 bits per heavy atom. The first-order chi connectivity index (χ1) is 28.9. The van der Waals surface area contributed by atoms with E-state index in [0.717, 1.165) is 66.1 Å². The maximum atomic E-state index is 11.7. The van der Waals surface area contributed by atoms with Crippen molar-refractivity contribution < 1.29 is 9.90 Å². The van der Waals surface area contributed by atoms with E-state index in [2.05, 4.69) is 133 Å². The van der Waals surface area contributed by atoms with Crippen molar-refractivity contribution in [3.05, 3.63) is 119 Å². The number of aromatic nitrogens is 8. The molecule has 8 aromatic rings. The van der Waals surface area contributed by atoms with Gasteiger partial charge in [-0.2, -0.15) is 0 Å². The molecule has 0 unspecified atom stereocenters. The normalized spacial score (nSPS) is 12.8.